The standard InChI is InChI=1S/C9H11N5O2S/c1-6-12-7(4-17-6)3-16-8(15)2-14-5-11-9(10)13-14/h4-5H,2-3H2,1H3,(H2,10,13). The van der Waals surface area contributed by atoms with Crippen molar-refractivity contribution in [2.45, 2.75) is 20.1 Å². The molecule has 0 bridgehead atoms. The molecule has 2 rings (SSSR count). The van der Waals surface area contributed by atoms with E-state index in [4.69, 9.17) is 10.5 Å². The van der Waals surface area contributed by atoms with E-state index in [0.29, 0.717) is 0 Å². The number of rotatable bonds is 4. The van der Waals surface area contributed by atoms with Crippen LogP contribution in [0.5, 0.6) is 0 Å². The highest BCUT2D eigenvalue weighted by Gasteiger charge is 2.07. The number of nitrogens with zero attached hydrogens (tertiary/aromatic N) is 4. The summed E-state index contributed by atoms with van der Waals surface area (Å²) in [5, 5.41) is 6.58. The summed E-state index contributed by atoms with van der Waals surface area (Å²) in [6.07, 6.45) is 1.38. The van der Waals surface area contributed by atoms with Crippen LogP contribution in [-0.2, 0) is 22.7 Å². The monoisotopic (exact) mass is 253 g/mol. The fourth-order valence-electron chi connectivity index (χ4n) is 1.19. The zero-order valence-corrected chi connectivity index (χ0v) is 9.98. The summed E-state index contributed by atoms with van der Waals surface area (Å²) in [5.74, 6) is -0.270. The third-order valence-electron chi connectivity index (χ3n) is 1.89. The van der Waals surface area contributed by atoms with E-state index >= 15 is 0 Å². The zero-order valence-electron chi connectivity index (χ0n) is 9.16. The van der Waals surface area contributed by atoms with E-state index in [1.165, 1.54) is 22.3 Å². The van der Waals surface area contributed by atoms with Crippen LogP contribution >= 0.6 is 11.3 Å². The van der Waals surface area contributed by atoms with E-state index in [9.17, 15) is 4.79 Å². The lowest BCUT2D eigenvalue weighted by Crippen LogP contribution is -2.14. The van der Waals surface area contributed by atoms with Gasteiger partial charge in [-0.15, -0.1) is 16.4 Å². The second-order valence-electron chi connectivity index (χ2n) is 3.32. The van der Waals surface area contributed by atoms with E-state index in [1.807, 2.05) is 12.3 Å². The van der Waals surface area contributed by atoms with Crippen molar-refractivity contribution in [3.8, 4) is 0 Å². The van der Waals surface area contributed by atoms with Crippen molar-refractivity contribution >= 4 is 23.3 Å². The molecule has 90 valence electrons. The van der Waals surface area contributed by atoms with E-state index in [0.717, 1.165) is 10.7 Å². The van der Waals surface area contributed by atoms with Gasteiger partial charge in [-0.05, 0) is 6.92 Å². The first-order valence-electron chi connectivity index (χ1n) is 4.85. The van der Waals surface area contributed by atoms with Crippen LogP contribution in [0.2, 0.25) is 0 Å². The predicted octanol–water partition coefficient (Wildman–Crippen LogP) is 0.369. The molecule has 0 unspecified atom stereocenters. The van der Waals surface area contributed by atoms with Crippen LogP contribution in [0.4, 0.5) is 5.95 Å². The summed E-state index contributed by atoms with van der Waals surface area (Å²) in [6.45, 7) is 2.06. The Morgan fingerprint density at radius 3 is 3.06 bits per heavy atom. The number of nitrogen functional groups attached to an aromatic ring is 1. The van der Waals surface area contributed by atoms with Crippen LogP contribution < -0.4 is 5.73 Å². The Hall–Kier alpha value is -1.96. The number of anilines is 1. The number of carbonyl (C=O) groups is 1. The van der Waals surface area contributed by atoms with Gasteiger partial charge in [-0.2, -0.15) is 0 Å². The Bertz CT molecular complexity index is 521. The fourth-order valence-corrected chi connectivity index (χ4v) is 1.79. The highest BCUT2D eigenvalue weighted by atomic mass is 32.1. The number of carbonyl (C=O) groups excluding carboxylic acids is 1. The summed E-state index contributed by atoms with van der Waals surface area (Å²) in [6, 6.07) is 0. The minimum Gasteiger partial charge on any atom is -0.458 e. The van der Waals surface area contributed by atoms with Crippen LogP contribution in [0.3, 0.4) is 0 Å². The molecule has 2 aromatic rings. The van der Waals surface area contributed by atoms with Crippen LogP contribution in [0, 0.1) is 6.92 Å². The Kier molecular flexibility index (Phi) is 3.33. The molecule has 17 heavy (non-hydrogen) atoms. The molecule has 2 N–H and O–H groups in total. The maximum Gasteiger partial charge on any atom is 0.328 e. The molecule has 0 atom stereocenters. The number of esters is 1. The van der Waals surface area contributed by atoms with Gasteiger partial charge in [0, 0.05) is 5.38 Å². The number of ether oxygens (including phenoxy) is 1. The summed E-state index contributed by atoms with van der Waals surface area (Å²) >= 11 is 1.52. The van der Waals surface area contributed by atoms with Crippen molar-refractivity contribution in [1.29, 1.82) is 0 Å². The number of thiazole rings is 1. The van der Waals surface area contributed by atoms with Crippen molar-refractivity contribution in [1.82, 2.24) is 19.7 Å². The SMILES string of the molecule is Cc1nc(COC(=O)Cn2cnc(N)n2)cs1. The molecule has 0 spiro atoms. The van der Waals surface area contributed by atoms with Gasteiger partial charge in [-0.3, -0.25) is 4.79 Å². The van der Waals surface area contributed by atoms with Crippen LogP contribution in [-0.4, -0.2) is 25.7 Å². The molecule has 0 aliphatic carbocycles. The fraction of sp³-hybridized carbons (Fsp3) is 0.333. The molecule has 0 fully saturated rings. The van der Waals surface area contributed by atoms with Gasteiger partial charge >= 0.3 is 5.97 Å². The van der Waals surface area contributed by atoms with Crippen LogP contribution in [0.15, 0.2) is 11.7 Å². The number of hydrogen-bond donors (Lipinski definition) is 1. The first kappa shape index (κ1) is 11.5. The Morgan fingerprint density at radius 2 is 2.47 bits per heavy atom. The number of nitrogens with two attached hydrogens (primary N) is 1. The molecule has 8 heteroatoms. The summed E-state index contributed by atoms with van der Waals surface area (Å²) in [4.78, 5) is 19.3. The van der Waals surface area contributed by atoms with Gasteiger partial charge in [0.2, 0.25) is 5.95 Å². The summed E-state index contributed by atoms with van der Waals surface area (Å²) in [5.41, 5.74) is 6.07. The molecule has 7 nitrogen and oxygen atoms in total. The van der Waals surface area contributed by atoms with E-state index in [-0.39, 0.29) is 19.1 Å². The molecule has 2 aromatic heterocycles. The maximum atomic E-state index is 11.4. The van der Waals surface area contributed by atoms with Crippen molar-refractivity contribution in [3.05, 3.63) is 22.4 Å². The first-order chi connectivity index (χ1) is 8.13. The average Bonchev–Trinajstić information content (AvgIpc) is 2.85. The Labute approximate surface area is 101 Å². The van der Waals surface area contributed by atoms with Crippen molar-refractivity contribution in [2.24, 2.45) is 0 Å². The minimum absolute atomic E-state index is 0.00663. The summed E-state index contributed by atoms with van der Waals surface area (Å²) < 4.78 is 6.35. The molecule has 0 aromatic carbocycles. The van der Waals surface area contributed by atoms with Crippen LogP contribution in [0.1, 0.15) is 10.7 Å². The first-order valence-corrected chi connectivity index (χ1v) is 5.73. The Balaban J connectivity index is 1.82. The minimum atomic E-state index is -0.402. The molecule has 0 amide bonds. The lowest BCUT2D eigenvalue weighted by Gasteiger charge is -2.02. The van der Waals surface area contributed by atoms with Crippen LogP contribution in [0.25, 0.3) is 0 Å². The summed E-state index contributed by atoms with van der Waals surface area (Å²) in [7, 11) is 0. The highest BCUT2D eigenvalue weighted by Crippen LogP contribution is 2.08. The lowest BCUT2D eigenvalue weighted by molar-refractivity contribution is -0.146. The predicted molar refractivity (Wildman–Crippen MR) is 61.1 cm³/mol. The maximum absolute atomic E-state index is 11.4. The van der Waals surface area contributed by atoms with Gasteiger partial charge in [0.25, 0.3) is 0 Å². The van der Waals surface area contributed by atoms with Crippen molar-refractivity contribution in [3.63, 3.8) is 0 Å². The van der Waals surface area contributed by atoms with Gasteiger partial charge in [0.05, 0.1) is 10.7 Å². The van der Waals surface area contributed by atoms with Gasteiger partial charge in [0.1, 0.15) is 19.5 Å². The number of hydrogen-bond acceptors (Lipinski definition) is 7. The lowest BCUT2D eigenvalue weighted by atomic mass is 10.5. The molecule has 2 heterocycles. The van der Waals surface area contributed by atoms with Gasteiger partial charge in [-0.25, -0.2) is 14.6 Å². The molecule has 0 saturated heterocycles. The third-order valence-corrected chi connectivity index (χ3v) is 2.72. The zero-order chi connectivity index (χ0) is 12.3. The van der Waals surface area contributed by atoms with Crippen molar-refractivity contribution in [2.75, 3.05) is 5.73 Å². The molecule has 0 aliphatic heterocycles. The average molecular weight is 253 g/mol. The topological polar surface area (TPSA) is 95.9 Å². The van der Waals surface area contributed by atoms with Gasteiger partial charge in [-0.1, -0.05) is 0 Å². The second kappa shape index (κ2) is 4.91. The van der Waals surface area contributed by atoms with E-state index < -0.39 is 5.97 Å². The largest absolute Gasteiger partial charge is 0.458 e. The molecule has 0 saturated carbocycles. The normalized spacial score (nSPS) is 10.4. The van der Waals surface area contributed by atoms with Gasteiger partial charge in [0.15, 0.2) is 0 Å². The van der Waals surface area contributed by atoms with Gasteiger partial charge < -0.3 is 10.5 Å². The third kappa shape index (κ3) is 3.25. The second-order valence-corrected chi connectivity index (χ2v) is 4.38. The molecule has 0 radical (unpaired) electrons. The Morgan fingerprint density at radius 1 is 1.65 bits per heavy atom. The highest BCUT2D eigenvalue weighted by molar-refractivity contribution is 7.09. The van der Waals surface area contributed by atoms with Crippen molar-refractivity contribution < 1.29 is 9.53 Å². The van der Waals surface area contributed by atoms with E-state index in [1.54, 1.807) is 0 Å². The van der Waals surface area contributed by atoms with E-state index in [2.05, 4.69) is 15.1 Å². The molecule has 0 aliphatic rings. The quantitative estimate of drug-likeness (QED) is 0.791. The molecular weight excluding hydrogens is 242 g/mol. The number of aromatic nitrogens is 4. The number of aryl methyl sites for hydroxylation is 1. The molecular formula is C9H11N5O2S. The smallest absolute Gasteiger partial charge is 0.328 e.